The van der Waals surface area contributed by atoms with Gasteiger partial charge in [0.25, 0.3) is 0 Å². The van der Waals surface area contributed by atoms with Gasteiger partial charge in [-0.3, -0.25) is 4.79 Å². The molecule has 84 valence electrons. The maximum atomic E-state index is 11.3. The van der Waals surface area contributed by atoms with Gasteiger partial charge in [0.05, 0.1) is 0 Å². The summed E-state index contributed by atoms with van der Waals surface area (Å²) in [5.41, 5.74) is 5.42. The monoisotopic (exact) mass is 200 g/mol. The minimum absolute atomic E-state index is 0.169. The molecule has 0 saturated heterocycles. The first-order chi connectivity index (χ1) is 6.56. The van der Waals surface area contributed by atoms with Crippen molar-refractivity contribution in [2.75, 3.05) is 13.1 Å². The second kappa shape index (κ2) is 7.80. The predicted molar refractivity (Wildman–Crippen MR) is 59.9 cm³/mol. The first-order valence-electron chi connectivity index (χ1n) is 5.53. The third kappa shape index (κ3) is 8.05. The first-order valence-corrected chi connectivity index (χ1v) is 5.53. The van der Waals surface area contributed by atoms with Crippen LogP contribution in [-0.2, 0) is 4.79 Å². The van der Waals surface area contributed by atoms with Gasteiger partial charge >= 0.3 is 0 Å². The standard InChI is InChI=1S/C11H24N2O/c1-9(2)4-5-11(14)13-8-10(3)6-7-12/h9-10H,4-8,12H2,1-3H3,(H,13,14). The van der Waals surface area contributed by atoms with Gasteiger partial charge in [-0.15, -0.1) is 0 Å². The van der Waals surface area contributed by atoms with Crippen LogP contribution >= 0.6 is 0 Å². The Labute approximate surface area is 87.4 Å². The van der Waals surface area contributed by atoms with Crippen molar-refractivity contribution < 1.29 is 4.79 Å². The van der Waals surface area contributed by atoms with Gasteiger partial charge in [0.15, 0.2) is 0 Å². The Morgan fingerprint density at radius 1 is 1.29 bits per heavy atom. The molecule has 0 bridgehead atoms. The lowest BCUT2D eigenvalue weighted by atomic mass is 10.1. The lowest BCUT2D eigenvalue weighted by molar-refractivity contribution is -0.121. The molecular formula is C11H24N2O. The summed E-state index contributed by atoms with van der Waals surface area (Å²) in [7, 11) is 0. The van der Waals surface area contributed by atoms with E-state index < -0.39 is 0 Å². The molecule has 0 aromatic rings. The molecule has 3 N–H and O–H groups in total. The maximum absolute atomic E-state index is 11.3. The van der Waals surface area contributed by atoms with E-state index in [1.54, 1.807) is 0 Å². The van der Waals surface area contributed by atoms with Crippen molar-refractivity contribution in [3.05, 3.63) is 0 Å². The van der Waals surface area contributed by atoms with Crippen LogP contribution in [0.5, 0.6) is 0 Å². The number of nitrogens with one attached hydrogen (secondary N) is 1. The van der Waals surface area contributed by atoms with E-state index in [4.69, 9.17) is 5.73 Å². The van der Waals surface area contributed by atoms with Gasteiger partial charge < -0.3 is 11.1 Å². The normalized spacial score (nSPS) is 12.9. The molecule has 0 heterocycles. The molecule has 0 aliphatic rings. The topological polar surface area (TPSA) is 55.1 Å². The zero-order chi connectivity index (χ0) is 11.0. The molecule has 0 aromatic carbocycles. The molecule has 3 nitrogen and oxygen atoms in total. The fraction of sp³-hybridized carbons (Fsp3) is 0.909. The average Bonchev–Trinajstić information content (AvgIpc) is 2.12. The fourth-order valence-electron chi connectivity index (χ4n) is 1.18. The number of carbonyl (C=O) groups is 1. The van der Waals surface area contributed by atoms with Crippen molar-refractivity contribution in [1.82, 2.24) is 5.32 Å². The van der Waals surface area contributed by atoms with Crippen LogP contribution < -0.4 is 11.1 Å². The van der Waals surface area contributed by atoms with E-state index in [9.17, 15) is 4.79 Å². The SMILES string of the molecule is CC(C)CCC(=O)NCC(C)CCN. The van der Waals surface area contributed by atoms with Crippen molar-refractivity contribution in [2.45, 2.75) is 40.0 Å². The minimum Gasteiger partial charge on any atom is -0.356 e. The van der Waals surface area contributed by atoms with Crippen molar-refractivity contribution in [3.8, 4) is 0 Å². The van der Waals surface area contributed by atoms with Gasteiger partial charge in [0.2, 0.25) is 5.91 Å². The Hall–Kier alpha value is -0.570. The Bertz CT molecular complexity index is 157. The zero-order valence-corrected chi connectivity index (χ0v) is 9.68. The third-order valence-electron chi connectivity index (χ3n) is 2.26. The van der Waals surface area contributed by atoms with Gasteiger partial charge in [0, 0.05) is 13.0 Å². The largest absolute Gasteiger partial charge is 0.356 e. The Morgan fingerprint density at radius 3 is 2.43 bits per heavy atom. The van der Waals surface area contributed by atoms with Crippen LogP contribution in [0.3, 0.4) is 0 Å². The number of rotatable bonds is 7. The molecule has 0 rings (SSSR count). The lowest BCUT2D eigenvalue weighted by Gasteiger charge is -2.11. The van der Waals surface area contributed by atoms with Crippen LogP contribution in [0.1, 0.15) is 40.0 Å². The predicted octanol–water partition coefficient (Wildman–Crippen LogP) is 1.52. The molecule has 0 fully saturated rings. The molecule has 0 radical (unpaired) electrons. The van der Waals surface area contributed by atoms with E-state index in [0.717, 1.165) is 19.4 Å². The quantitative estimate of drug-likeness (QED) is 0.654. The molecule has 0 saturated carbocycles. The van der Waals surface area contributed by atoms with Crippen LogP contribution in [0.25, 0.3) is 0 Å². The van der Waals surface area contributed by atoms with Crippen LogP contribution in [-0.4, -0.2) is 19.0 Å². The van der Waals surface area contributed by atoms with Gasteiger partial charge in [-0.25, -0.2) is 0 Å². The summed E-state index contributed by atoms with van der Waals surface area (Å²) < 4.78 is 0. The zero-order valence-electron chi connectivity index (χ0n) is 9.68. The summed E-state index contributed by atoms with van der Waals surface area (Å²) in [5.74, 6) is 1.26. The molecule has 1 unspecified atom stereocenters. The highest BCUT2D eigenvalue weighted by Crippen LogP contribution is 2.03. The number of carbonyl (C=O) groups excluding carboxylic acids is 1. The summed E-state index contributed by atoms with van der Waals surface area (Å²) in [6.45, 7) is 7.82. The second-order valence-corrected chi connectivity index (χ2v) is 4.42. The number of amides is 1. The number of nitrogens with two attached hydrogens (primary N) is 1. The van der Waals surface area contributed by atoms with E-state index in [2.05, 4.69) is 26.1 Å². The van der Waals surface area contributed by atoms with Crippen molar-refractivity contribution in [2.24, 2.45) is 17.6 Å². The summed E-state index contributed by atoms with van der Waals surface area (Å²) in [6, 6.07) is 0. The number of hydrogen-bond donors (Lipinski definition) is 2. The van der Waals surface area contributed by atoms with Crippen LogP contribution in [0.4, 0.5) is 0 Å². The van der Waals surface area contributed by atoms with E-state index in [1.165, 1.54) is 0 Å². The Morgan fingerprint density at radius 2 is 1.93 bits per heavy atom. The van der Waals surface area contributed by atoms with Crippen molar-refractivity contribution in [3.63, 3.8) is 0 Å². The van der Waals surface area contributed by atoms with Gasteiger partial charge in [0.1, 0.15) is 0 Å². The molecule has 3 heteroatoms. The molecule has 0 aromatic heterocycles. The van der Waals surface area contributed by atoms with E-state index in [0.29, 0.717) is 24.8 Å². The highest BCUT2D eigenvalue weighted by atomic mass is 16.1. The van der Waals surface area contributed by atoms with E-state index in [-0.39, 0.29) is 5.91 Å². The maximum Gasteiger partial charge on any atom is 0.220 e. The summed E-state index contributed by atoms with van der Waals surface area (Å²) in [6.07, 6.45) is 2.59. The molecule has 0 aliphatic heterocycles. The molecule has 1 atom stereocenters. The van der Waals surface area contributed by atoms with Gasteiger partial charge in [-0.1, -0.05) is 20.8 Å². The van der Waals surface area contributed by atoms with Gasteiger partial charge in [-0.2, -0.15) is 0 Å². The van der Waals surface area contributed by atoms with Crippen molar-refractivity contribution >= 4 is 5.91 Å². The van der Waals surface area contributed by atoms with E-state index >= 15 is 0 Å². The number of hydrogen-bond acceptors (Lipinski definition) is 2. The first kappa shape index (κ1) is 13.4. The van der Waals surface area contributed by atoms with Crippen LogP contribution in [0.15, 0.2) is 0 Å². The molecule has 14 heavy (non-hydrogen) atoms. The summed E-state index contributed by atoms with van der Waals surface area (Å²) >= 11 is 0. The van der Waals surface area contributed by atoms with Crippen LogP contribution in [0.2, 0.25) is 0 Å². The highest BCUT2D eigenvalue weighted by Gasteiger charge is 2.05. The Kier molecular flexibility index (Phi) is 7.48. The minimum atomic E-state index is 0.169. The summed E-state index contributed by atoms with van der Waals surface area (Å²) in [4.78, 5) is 11.3. The molecule has 1 amide bonds. The van der Waals surface area contributed by atoms with Crippen LogP contribution in [0, 0.1) is 11.8 Å². The highest BCUT2D eigenvalue weighted by molar-refractivity contribution is 5.75. The smallest absolute Gasteiger partial charge is 0.220 e. The summed E-state index contributed by atoms with van der Waals surface area (Å²) in [5, 5.41) is 2.93. The second-order valence-electron chi connectivity index (χ2n) is 4.42. The van der Waals surface area contributed by atoms with Gasteiger partial charge in [-0.05, 0) is 31.2 Å². The molecule has 0 aliphatic carbocycles. The molecular weight excluding hydrogens is 176 g/mol. The molecule has 0 spiro atoms. The van der Waals surface area contributed by atoms with E-state index in [1.807, 2.05) is 0 Å². The fourth-order valence-corrected chi connectivity index (χ4v) is 1.18. The third-order valence-corrected chi connectivity index (χ3v) is 2.26. The average molecular weight is 200 g/mol. The Balaban J connectivity index is 3.43. The van der Waals surface area contributed by atoms with Crippen molar-refractivity contribution in [1.29, 1.82) is 0 Å². The lowest BCUT2D eigenvalue weighted by Crippen LogP contribution is -2.29.